The average Bonchev–Trinajstić information content (AvgIpc) is 3.42. The van der Waals surface area contributed by atoms with E-state index in [1.165, 1.54) is 14.0 Å². The van der Waals surface area contributed by atoms with Gasteiger partial charge >= 0.3 is 6.18 Å². The van der Waals surface area contributed by atoms with Crippen molar-refractivity contribution in [1.29, 1.82) is 0 Å². The van der Waals surface area contributed by atoms with E-state index in [0.717, 1.165) is 19.0 Å². The zero-order valence-electron chi connectivity index (χ0n) is 20.6. The number of benzene rings is 2. The fourth-order valence-corrected chi connectivity index (χ4v) is 4.39. The summed E-state index contributed by atoms with van der Waals surface area (Å²) in [5.41, 5.74) is 0.864. The van der Waals surface area contributed by atoms with Gasteiger partial charge in [-0.25, -0.2) is 9.97 Å². The van der Waals surface area contributed by atoms with Crippen molar-refractivity contribution in [3.63, 3.8) is 0 Å². The van der Waals surface area contributed by atoms with Crippen molar-refractivity contribution in [3.05, 3.63) is 76.6 Å². The van der Waals surface area contributed by atoms with E-state index >= 15 is 0 Å². The van der Waals surface area contributed by atoms with Gasteiger partial charge in [0.1, 0.15) is 5.75 Å². The summed E-state index contributed by atoms with van der Waals surface area (Å²) >= 11 is 0. The number of amides is 1. The Hall–Kier alpha value is -3.95. The van der Waals surface area contributed by atoms with Gasteiger partial charge in [-0.15, -0.1) is 0 Å². The molecule has 0 spiro atoms. The Morgan fingerprint density at radius 2 is 1.81 bits per heavy atom. The van der Waals surface area contributed by atoms with Crippen LogP contribution in [-0.2, 0) is 19.0 Å². The number of methoxy groups -OCH3 is 1. The number of carbonyl (C=O) groups is 2. The zero-order chi connectivity index (χ0) is 26.6. The number of carbonyl (C=O) groups excluding carboxylic acids is 2. The van der Waals surface area contributed by atoms with Gasteiger partial charge in [-0.1, -0.05) is 24.3 Å². The van der Waals surface area contributed by atoms with Crippen molar-refractivity contribution < 1.29 is 27.5 Å². The second kappa shape index (κ2) is 11.0. The van der Waals surface area contributed by atoms with Gasteiger partial charge in [0, 0.05) is 30.4 Å². The van der Waals surface area contributed by atoms with Gasteiger partial charge in [-0.05, 0) is 56.4 Å². The van der Waals surface area contributed by atoms with Crippen LogP contribution in [0.1, 0.15) is 57.3 Å². The van der Waals surface area contributed by atoms with Crippen molar-refractivity contribution in [1.82, 2.24) is 14.9 Å². The normalized spacial score (nSPS) is 13.5. The summed E-state index contributed by atoms with van der Waals surface area (Å²) in [7, 11) is 1.44. The van der Waals surface area contributed by atoms with Crippen LogP contribution in [0.3, 0.4) is 0 Å². The maximum Gasteiger partial charge on any atom is 0.419 e. The Bertz CT molecular complexity index is 1300. The molecule has 1 saturated heterocycles. The molecule has 37 heavy (non-hydrogen) atoms. The van der Waals surface area contributed by atoms with Crippen LogP contribution in [0.5, 0.6) is 5.75 Å². The lowest BCUT2D eigenvalue weighted by Crippen LogP contribution is -2.27. The summed E-state index contributed by atoms with van der Waals surface area (Å²) < 4.78 is 46.5. The van der Waals surface area contributed by atoms with E-state index < -0.39 is 11.7 Å². The number of aryl methyl sites for hydroxylation is 2. The highest BCUT2D eigenvalue weighted by Crippen LogP contribution is 2.33. The van der Waals surface area contributed by atoms with Crippen LogP contribution >= 0.6 is 0 Å². The minimum absolute atomic E-state index is 0.0419. The summed E-state index contributed by atoms with van der Waals surface area (Å²) in [6, 6.07) is 11.7. The van der Waals surface area contributed by atoms with Gasteiger partial charge in [0.05, 0.1) is 24.1 Å². The number of hydrogen-bond donors (Lipinski definition) is 1. The fraction of sp³-hybridized carbons (Fsp3) is 0.333. The van der Waals surface area contributed by atoms with Crippen molar-refractivity contribution >= 4 is 23.3 Å². The van der Waals surface area contributed by atoms with Crippen LogP contribution in [0.15, 0.2) is 48.7 Å². The number of ketones is 1. The summed E-state index contributed by atoms with van der Waals surface area (Å²) in [6.07, 6.45) is -1.79. The molecule has 0 unspecified atom stereocenters. The Morgan fingerprint density at radius 1 is 1.08 bits per heavy atom. The number of halogens is 3. The SMILES string of the molecule is COc1cc(C(=O)N2CCCC2)ccc1Nc1ncc(C(F)(F)F)c(CCc2ccccc2C(C)=O)n1. The Morgan fingerprint density at radius 3 is 2.49 bits per heavy atom. The van der Waals surface area contributed by atoms with Crippen molar-refractivity contribution in [2.75, 3.05) is 25.5 Å². The summed E-state index contributed by atoms with van der Waals surface area (Å²) in [5.74, 6) is 0.0435. The average molecular weight is 513 g/mol. The zero-order valence-corrected chi connectivity index (χ0v) is 20.6. The first-order chi connectivity index (χ1) is 17.7. The molecule has 1 aliphatic heterocycles. The first-order valence-electron chi connectivity index (χ1n) is 11.9. The Kier molecular flexibility index (Phi) is 7.75. The minimum Gasteiger partial charge on any atom is -0.495 e. The number of ether oxygens (including phenoxy) is 1. The maximum absolute atomic E-state index is 13.7. The molecular formula is C27H27F3N4O3. The lowest BCUT2D eigenvalue weighted by Gasteiger charge is -2.17. The molecule has 1 aromatic heterocycles. The van der Waals surface area contributed by atoms with Crippen LogP contribution in [0.2, 0.25) is 0 Å². The highest BCUT2D eigenvalue weighted by atomic mass is 19.4. The molecule has 7 nitrogen and oxygen atoms in total. The first-order valence-corrected chi connectivity index (χ1v) is 11.9. The standard InChI is InChI=1S/C27H27F3N4O3/c1-17(35)20-8-4-3-7-18(20)9-11-22-21(27(28,29)30)16-31-26(32-22)33-23-12-10-19(15-24(23)37-2)25(36)34-13-5-6-14-34/h3-4,7-8,10,12,15-16H,5-6,9,11,13-14H2,1-2H3,(H,31,32,33). The van der Waals surface area contributed by atoms with Gasteiger partial charge in [-0.3, -0.25) is 9.59 Å². The second-order valence-electron chi connectivity index (χ2n) is 8.80. The molecule has 1 fully saturated rings. The number of nitrogens with zero attached hydrogens (tertiary/aromatic N) is 3. The molecule has 10 heteroatoms. The van der Waals surface area contributed by atoms with Crippen LogP contribution in [0, 0.1) is 0 Å². The highest BCUT2D eigenvalue weighted by molar-refractivity contribution is 5.96. The molecular weight excluding hydrogens is 485 g/mol. The predicted octanol–water partition coefficient (Wildman–Crippen LogP) is 5.47. The number of Topliss-reactive ketones (excluding diaryl/α,β-unsaturated/α-hetero) is 1. The Balaban J connectivity index is 1.59. The van der Waals surface area contributed by atoms with Crippen molar-refractivity contribution in [2.45, 2.75) is 38.8 Å². The number of rotatable bonds is 8. The largest absolute Gasteiger partial charge is 0.495 e. The van der Waals surface area contributed by atoms with Crippen molar-refractivity contribution in [3.8, 4) is 5.75 Å². The number of anilines is 2. The molecule has 2 aromatic carbocycles. The monoisotopic (exact) mass is 512 g/mol. The fourth-order valence-electron chi connectivity index (χ4n) is 4.39. The van der Waals surface area contributed by atoms with Crippen LogP contribution in [0.4, 0.5) is 24.8 Å². The summed E-state index contributed by atoms with van der Waals surface area (Å²) in [6.45, 7) is 2.84. The lowest BCUT2D eigenvalue weighted by molar-refractivity contribution is -0.138. The van der Waals surface area contributed by atoms with E-state index in [9.17, 15) is 22.8 Å². The van der Waals surface area contributed by atoms with E-state index in [2.05, 4.69) is 15.3 Å². The van der Waals surface area contributed by atoms with Gasteiger partial charge in [0.2, 0.25) is 5.95 Å². The number of nitrogens with one attached hydrogen (secondary N) is 1. The predicted molar refractivity (Wildman–Crippen MR) is 132 cm³/mol. The number of likely N-dealkylation sites (tertiary alicyclic amines) is 1. The maximum atomic E-state index is 13.7. The number of aromatic nitrogens is 2. The molecule has 0 radical (unpaired) electrons. The van der Waals surface area contributed by atoms with E-state index in [0.29, 0.717) is 41.2 Å². The van der Waals surface area contributed by atoms with Crippen LogP contribution in [0.25, 0.3) is 0 Å². The third-order valence-corrected chi connectivity index (χ3v) is 6.29. The summed E-state index contributed by atoms with van der Waals surface area (Å²) in [5, 5.41) is 2.91. The highest BCUT2D eigenvalue weighted by Gasteiger charge is 2.35. The van der Waals surface area contributed by atoms with E-state index in [4.69, 9.17) is 4.74 Å². The van der Waals surface area contributed by atoms with Crippen LogP contribution in [-0.4, -0.2) is 46.8 Å². The molecule has 194 valence electrons. The molecule has 1 N–H and O–H groups in total. The lowest BCUT2D eigenvalue weighted by atomic mass is 9.98. The van der Waals surface area contributed by atoms with Gasteiger partial charge in [0.25, 0.3) is 5.91 Å². The molecule has 2 heterocycles. The third-order valence-electron chi connectivity index (χ3n) is 6.29. The van der Waals surface area contributed by atoms with Crippen molar-refractivity contribution in [2.24, 2.45) is 0 Å². The van der Waals surface area contributed by atoms with E-state index in [1.54, 1.807) is 47.4 Å². The molecule has 1 amide bonds. The van der Waals surface area contributed by atoms with Gasteiger partial charge in [-0.2, -0.15) is 13.2 Å². The third kappa shape index (κ3) is 6.07. The molecule has 4 rings (SSSR count). The molecule has 0 aliphatic carbocycles. The molecule has 0 saturated carbocycles. The molecule has 0 atom stereocenters. The van der Waals surface area contributed by atoms with E-state index in [1.807, 2.05) is 0 Å². The molecule has 3 aromatic rings. The number of alkyl halides is 3. The van der Waals surface area contributed by atoms with E-state index in [-0.39, 0.29) is 36.2 Å². The molecule has 1 aliphatic rings. The van der Waals surface area contributed by atoms with Gasteiger partial charge < -0.3 is 15.0 Å². The minimum atomic E-state index is -4.64. The smallest absolute Gasteiger partial charge is 0.419 e. The Labute approximate surface area is 212 Å². The topological polar surface area (TPSA) is 84.4 Å². The first kappa shape index (κ1) is 26.1. The summed E-state index contributed by atoms with van der Waals surface area (Å²) in [4.78, 5) is 34.4. The van der Waals surface area contributed by atoms with Crippen LogP contribution < -0.4 is 10.1 Å². The quantitative estimate of drug-likeness (QED) is 0.403. The molecule has 0 bridgehead atoms. The van der Waals surface area contributed by atoms with Gasteiger partial charge in [0.15, 0.2) is 5.78 Å². The second-order valence-corrected chi connectivity index (χ2v) is 8.80. The number of hydrogen-bond acceptors (Lipinski definition) is 6.